The monoisotopic (exact) mass is 317 g/mol. The van der Waals surface area contributed by atoms with Crippen molar-refractivity contribution in [3.8, 4) is 0 Å². The van der Waals surface area contributed by atoms with Crippen molar-refractivity contribution in [3.05, 3.63) is 29.3 Å². The summed E-state index contributed by atoms with van der Waals surface area (Å²) in [4.78, 5) is 23.6. The summed E-state index contributed by atoms with van der Waals surface area (Å²) in [7, 11) is 1.11. The predicted molar refractivity (Wildman–Crippen MR) is 70.3 cm³/mol. The number of nitrogens with one attached hydrogen (secondary N) is 1. The molecule has 5 nitrogen and oxygen atoms in total. The van der Waals surface area contributed by atoms with E-state index in [0.29, 0.717) is 13.0 Å². The summed E-state index contributed by atoms with van der Waals surface area (Å²) < 4.78 is 47.9. The maximum atomic E-state index is 12.8. The molecule has 1 aliphatic heterocycles. The molecule has 1 aromatic rings. The molecule has 2 rings (SSSR count). The van der Waals surface area contributed by atoms with Gasteiger partial charge in [0.25, 0.3) is 0 Å². The summed E-state index contributed by atoms with van der Waals surface area (Å²) in [5.41, 5.74) is -1.32. The number of alkyl halides is 3. The van der Waals surface area contributed by atoms with Gasteiger partial charge in [-0.2, -0.15) is 13.2 Å². The third-order valence-corrected chi connectivity index (χ3v) is 3.31. The smallest absolute Gasteiger partial charge is 0.416 e. The summed E-state index contributed by atoms with van der Waals surface area (Å²) in [5, 5.41) is 2.36. The molecule has 22 heavy (non-hydrogen) atoms. The second-order valence-electron chi connectivity index (χ2n) is 4.80. The Morgan fingerprint density at radius 2 is 2.09 bits per heavy atom. The van der Waals surface area contributed by atoms with E-state index >= 15 is 0 Å². The van der Waals surface area contributed by atoms with Crippen LogP contribution in [0.15, 0.2) is 18.2 Å². The summed E-state index contributed by atoms with van der Waals surface area (Å²) >= 11 is 0. The topological polar surface area (TPSA) is 64.6 Å². The molecule has 1 atom stereocenters. The Morgan fingerprint density at radius 1 is 1.36 bits per heavy atom. The lowest BCUT2D eigenvalue weighted by Gasteiger charge is -2.15. The number of methoxy groups -OCH3 is 1. The summed E-state index contributed by atoms with van der Waals surface area (Å²) in [6.45, 7) is 0.628. The number of rotatable bonds is 3. The van der Waals surface area contributed by atoms with Gasteiger partial charge in [0.2, 0.25) is 5.91 Å². The van der Waals surface area contributed by atoms with E-state index in [4.69, 9.17) is 4.74 Å². The highest BCUT2D eigenvalue weighted by Gasteiger charge is 2.32. The van der Waals surface area contributed by atoms with Crippen molar-refractivity contribution in [2.75, 3.05) is 25.6 Å². The summed E-state index contributed by atoms with van der Waals surface area (Å²) in [6, 6.07) is 2.47. The average Bonchev–Trinajstić information content (AvgIpc) is 2.99. The van der Waals surface area contributed by atoms with Gasteiger partial charge in [0.15, 0.2) is 0 Å². The Kier molecular flexibility index (Phi) is 4.70. The van der Waals surface area contributed by atoms with Crippen LogP contribution in [-0.4, -0.2) is 32.2 Å². The van der Waals surface area contributed by atoms with Gasteiger partial charge >= 0.3 is 12.1 Å². The molecule has 1 aliphatic rings. The van der Waals surface area contributed by atoms with E-state index in [1.54, 1.807) is 0 Å². The first-order chi connectivity index (χ1) is 10.3. The zero-order valence-corrected chi connectivity index (χ0v) is 11.7. The highest BCUT2D eigenvalue weighted by atomic mass is 19.4. The van der Waals surface area contributed by atoms with Crippen LogP contribution in [-0.2, 0) is 20.4 Å². The first-order valence-electron chi connectivity index (χ1n) is 6.51. The number of benzene rings is 1. The molecule has 1 N–H and O–H groups in total. The molecule has 120 valence electrons. The Bertz CT molecular complexity index is 580. The molecule has 1 unspecified atom stereocenters. The minimum atomic E-state index is -4.58. The predicted octanol–water partition coefficient (Wildman–Crippen LogP) is 2.47. The molecule has 0 aliphatic carbocycles. The van der Waals surface area contributed by atoms with E-state index in [2.05, 4.69) is 10.1 Å². The third-order valence-electron chi connectivity index (χ3n) is 3.31. The van der Waals surface area contributed by atoms with Crippen molar-refractivity contribution in [1.82, 2.24) is 0 Å². The number of amides is 1. The van der Waals surface area contributed by atoms with Crippen LogP contribution in [0.4, 0.5) is 18.9 Å². The van der Waals surface area contributed by atoms with Gasteiger partial charge in [-0.25, -0.2) is 4.79 Å². The number of hydrogen-bond acceptors (Lipinski definition) is 4. The average molecular weight is 317 g/mol. The molecule has 0 saturated carbocycles. The van der Waals surface area contributed by atoms with Gasteiger partial charge in [0.1, 0.15) is 0 Å². The maximum absolute atomic E-state index is 12.8. The number of carbonyl (C=O) groups excluding carboxylic acids is 2. The van der Waals surface area contributed by atoms with Crippen LogP contribution < -0.4 is 5.32 Å². The number of ether oxygens (including phenoxy) is 2. The molecule has 0 radical (unpaired) electrons. The first kappa shape index (κ1) is 16.3. The van der Waals surface area contributed by atoms with E-state index in [-0.39, 0.29) is 17.9 Å². The summed E-state index contributed by atoms with van der Waals surface area (Å²) in [5.74, 6) is -1.76. The van der Waals surface area contributed by atoms with E-state index in [1.165, 1.54) is 0 Å². The molecular formula is C14H14F3NO4. The molecule has 8 heteroatoms. The SMILES string of the molecule is COC(=O)c1ccc(C(F)(F)F)cc1NC(=O)C1CCOC1. The van der Waals surface area contributed by atoms with Gasteiger partial charge in [-0.05, 0) is 24.6 Å². The molecule has 1 amide bonds. The fourth-order valence-corrected chi connectivity index (χ4v) is 2.09. The third kappa shape index (κ3) is 3.56. The number of halogens is 3. The van der Waals surface area contributed by atoms with Crippen molar-refractivity contribution in [3.63, 3.8) is 0 Å². The molecule has 0 spiro atoms. The van der Waals surface area contributed by atoms with Crippen molar-refractivity contribution in [2.45, 2.75) is 12.6 Å². The van der Waals surface area contributed by atoms with Gasteiger partial charge in [0, 0.05) is 6.61 Å². The molecule has 1 heterocycles. The second-order valence-corrected chi connectivity index (χ2v) is 4.80. The van der Waals surface area contributed by atoms with Crippen LogP contribution in [0.1, 0.15) is 22.3 Å². The van der Waals surface area contributed by atoms with Crippen LogP contribution in [0.5, 0.6) is 0 Å². The second kappa shape index (κ2) is 6.35. The minimum Gasteiger partial charge on any atom is -0.465 e. The fraction of sp³-hybridized carbons (Fsp3) is 0.429. The van der Waals surface area contributed by atoms with Gasteiger partial charge in [-0.3, -0.25) is 4.79 Å². The highest BCUT2D eigenvalue weighted by molar-refractivity contribution is 6.02. The van der Waals surface area contributed by atoms with Crippen molar-refractivity contribution in [2.24, 2.45) is 5.92 Å². The molecular weight excluding hydrogens is 303 g/mol. The van der Waals surface area contributed by atoms with Crippen molar-refractivity contribution >= 4 is 17.6 Å². The molecule has 1 aromatic carbocycles. The van der Waals surface area contributed by atoms with Gasteiger partial charge < -0.3 is 14.8 Å². The fourth-order valence-electron chi connectivity index (χ4n) is 2.09. The van der Waals surface area contributed by atoms with Crippen molar-refractivity contribution in [1.29, 1.82) is 0 Å². The number of esters is 1. The van der Waals surface area contributed by atoms with Crippen LogP contribution >= 0.6 is 0 Å². The van der Waals surface area contributed by atoms with Gasteiger partial charge in [0.05, 0.1) is 36.4 Å². The van der Waals surface area contributed by atoms with E-state index in [9.17, 15) is 22.8 Å². The van der Waals surface area contributed by atoms with Gasteiger partial charge in [-0.1, -0.05) is 0 Å². The first-order valence-corrected chi connectivity index (χ1v) is 6.51. The number of hydrogen-bond donors (Lipinski definition) is 1. The Labute approximate surface area is 124 Å². The van der Waals surface area contributed by atoms with E-state index in [0.717, 1.165) is 25.3 Å². The zero-order chi connectivity index (χ0) is 16.3. The van der Waals surface area contributed by atoms with Crippen LogP contribution in [0, 0.1) is 5.92 Å². The van der Waals surface area contributed by atoms with Crippen molar-refractivity contribution < 1.29 is 32.2 Å². The minimum absolute atomic E-state index is 0.136. The lowest BCUT2D eigenvalue weighted by molar-refractivity contribution is -0.137. The van der Waals surface area contributed by atoms with Gasteiger partial charge in [-0.15, -0.1) is 0 Å². The van der Waals surface area contributed by atoms with Crippen LogP contribution in [0.25, 0.3) is 0 Å². The normalized spacial score (nSPS) is 18.1. The number of anilines is 1. The lowest BCUT2D eigenvalue weighted by Crippen LogP contribution is -2.24. The Hall–Kier alpha value is -2.09. The zero-order valence-electron chi connectivity index (χ0n) is 11.7. The summed E-state index contributed by atoms with van der Waals surface area (Å²) in [6.07, 6.45) is -4.09. The lowest BCUT2D eigenvalue weighted by atomic mass is 10.1. The Morgan fingerprint density at radius 3 is 2.64 bits per heavy atom. The molecule has 0 aromatic heterocycles. The number of carbonyl (C=O) groups is 2. The maximum Gasteiger partial charge on any atom is 0.416 e. The van der Waals surface area contributed by atoms with Crippen LogP contribution in [0.3, 0.4) is 0 Å². The molecule has 1 fully saturated rings. The standard InChI is InChI=1S/C14H14F3NO4/c1-21-13(20)10-3-2-9(14(15,16)17)6-11(10)18-12(19)8-4-5-22-7-8/h2-3,6,8H,4-5,7H2,1H3,(H,18,19). The van der Waals surface area contributed by atoms with E-state index in [1.807, 2.05) is 0 Å². The van der Waals surface area contributed by atoms with Crippen LogP contribution in [0.2, 0.25) is 0 Å². The molecule has 0 bridgehead atoms. The highest BCUT2D eigenvalue weighted by Crippen LogP contribution is 2.32. The largest absolute Gasteiger partial charge is 0.465 e. The molecule has 1 saturated heterocycles. The Balaban J connectivity index is 2.32. The van der Waals surface area contributed by atoms with E-state index < -0.39 is 29.5 Å². The quantitative estimate of drug-likeness (QED) is 0.870.